The van der Waals surface area contributed by atoms with Crippen molar-refractivity contribution in [3.63, 3.8) is 0 Å². The number of hydrogen-bond acceptors (Lipinski definition) is 6. The van der Waals surface area contributed by atoms with Gasteiger partial charge in [0.25, 0.3) is 0 Å². The van der Waals surface area contributed by atoms with Gasteiger partial charge in [0.2, 0.25) is 0 Å². The summed E-state index contributed by atoms with van der Waals surface area (Å²) in [5.41, 5.74) is 2.20. The Bertz CT molecular complexity index is 692. The van der Waals surface area contributed by atoms with Gasteiger partial charge >= 0.3 is 0 Å². The molecule has 0 saturated carbocycles. The summed E-state index contributed by atoms with van der Waals surface area (Å²) < 4.78 is 0. The predicted molar refractivity (Wildman–Crippen MR) is 103 cm³/mol. The van der Waals surface area contributed by atoms with Crippen LogP contribution in [0.4, 0.5) is 17.3 Å². The van der Waals surface area contributed by atoms with E-state index in [1.54, 1.807) is 11.8 Å². The molecule has 5 nitrogen and oxygen atoms in total. The maximum atomic E-state index is 5.98. The van der Waals surface area contributed by atoms with E-state index in [1.165, 1.54) is 5.56 Å². The lowest BCUT2D eigenvalue weighted by Crippen LogP contribution is -2.22. The SMILES string of the molecule is CCCSc1nc(NCC)c2c(n1)N(Cc1ccc(Cl)cc1)CN2. The average Bonchev–Trinajstić information content (AvgIpc) is 2.98. The van der Waals surface area contributed by atoms with Gasteiger partial charge in [-0.1, -0.05) is 42.4 Å². The van der Waals surface area contributed by atoms with Crippen molar-refractivity contribution in [3.8, 4) is 0 Å². The van der Waals surface area contributed by atoms with Crippen molar-refractivity contribution < 1.29 is 0 Å². The highest BCUT2D eigenvalue weighted by Gasteiger charge is 2.25. The number of benzene rings is 1. The number of rotatable bonds is 7. The van der Waals surface area contributed by atoms with Crippen LogP contribution in [0.25, 0.3) is 0 Å². The molecule has 0 radical (unpaired) electrons. The summed E-state index contributed by atoms with van der Waals surface area (Å²) in [6, 6.07) is 7.96. The van der Waals surface area contributed by atoms with Crippen molar-refractivity contribution in [2.45, 2.75) is 32.0 Å². The van der Waals surface area contributed by atoms with Crippen molar-refractivity contribution in [3.05, 3.63) is 34.9 Å². The maximum Gasteiger partial charge on any atom is 0.191 e. The summed E-state index contributed by atoms with van der Waals surface area (Å²) >= 11 is 7.68. The Labute approximate surface area is 152 Å². The van der Waals surface area contributed by atoms with E-state index in [0.717, 1.165) is 59.4 Å². The maximum absolute atomic E-state index is 5.98. The van der Waals surface area contributed by atoms with Crippen LogP contribution < -0.4 is 15.5 Å². The van der Waals surface area contributed by atoms with Gasteiger partial charge in [0, 0.05) is 23.9 Å². The lowest BCUT2D eigenvalue weighted by Gasteiger charge is -2.18. The lowest BCUT2D eigenvalue weighted by atomic mass is 10.2. The first-order chi connectivity index (χ1) is 11.7. The lowest BCUT2D eigenvalue weighted by molar-refractivity contribution is 0.838. The molecule has 1 aromatic heterocycles. The molecule has 0 atom stereocenters. The smallest absolute Gasteiger partial charge is 0.191 e. The third-order valence-corrected chi connectivity index (χ3v) is 4.99. The molecule has 7 heteroatoms. The molecule has 1 aliphatic rings. The van der Waals surface area contributed by atoms with E-state index < -0.39 is 0 Å². The Morgan fingerprint density at radius 1 is 1.25 bits per heavy atom. The molecule has 24 heavy (non-hydrogen) atoms. The predicted octanol–water partition coefficient (Wildman–Crippen LogP) is 4.45. The number of hydrogen-bond donors (Lipinski definition) is 2. The topological polar surface area (TPSA) is 53.1 Å². The minimum Gasteiger partial charge on any atom is -0.368 e. The average molecular weight is 364 g/mol. The molecule has 0 unspecified atom stereocenters. The number of halogens is 1. The number of nitrogens with one attached hydrogen (secondary N) is 2. The van der Waals surface area contributed by atoms with Gasteiger partial charge in [-0.05, 0) is 31.0 Å². The van der Waals surface area contributed by atoms with Crippen LogP contribution in [0, 0.1) is 0 Å². The summed E-state index contributed by atoms with van der Waals surface area (Å²) in [6.45, 7) is 6.60. The fraction of sp³-hybridized carbons (Fsp3) is 0.412. The molecule has 2 heterocycles. The largest absolute Gasteiger partial charge is 0.368 e. The molecule has 0 fully saturated rings. The summed E-state index contributed by atoms with van der Waals surface area (Å²) in [5, 5.41) is 8.36. The second-order valence-electron chi connectivity index (χ2n) is 5.59. The van der Waals surface area contributed by atoms with Crippen LogP contribution in [-0.2, 0) is 6.54 Å². The van der Waals surface area contributed by atoms with Gasteiger partial charge in [-0.25, -0.2) is 9.97 Å². The molecule has 128 valence electrons. The minimum absolute atomic E-state index is 0.729. The molecule has 0 aliphatic carbocycles. The van der Waals surface area contributed by atoms with Crippen molar-refractivity contribution in [1.29, 1.82) is 0 Å². The highest BCUT2D eigenvalue weighted by molar-refractivity contribution is 7.99. The second kappa shape index (κ2) is 7.94. The van der Waals surface area contributed by atoms with Gasteiger partial charge in [0.15, 0.2) is 16.8 Å². The Kier molecular flexibility index (Phi) is 5.68. The molecule has 1 aliphatic heterocycles. The Balaban J connectivity index is 1.86. The Morgan fingerprint density at radius 2 is 2.04 bits per heavy atom. The zero-order valence-corrected chi connectivity index (χ0v) is 15.5. The van der Waals surface area contributed by atoms with Gasteiger partial charge in [-0.2, -0.15) is 0 Å². The third kappa shape index (κ3) is 3.87. The molecule has 0 bridgehead atoms. The van der Waals surface area contributed by atoms with E-state index in [2.05, 4.69) is 46.5 Å². The van der Waals surface area contributed by atoms with Gasteiger partial charge in [0.1, 0.15) is 5.69 Å². The summed E-state index contributed by atoms with van der Waals surface area (Å²) in [6.07, 6.45) is 1.11. The molecule has 3 rings (SSSR count). The second-order valence-corrected chi connectivity index (χ2v) is 7.09. The van der Waals surface area contributed by atoms with Crippen LogP contribution in [0.3, 0.4) is 0 Å². The van der Waals surface area contributed by atoms with Crippen molar-refractivity contribution in [2.24, 2.45) is 0 Å². The molecule has 0 amide bonds. The van der Waals surface area contributed by atoms with Crippen LogP contribution in [0.2, 0.25) is 5.02 Å². The van der Waals surface area contributed by atoms with Crippen LogP contribution in [-0.4, -0.2) is 28.9 Å². The van der Waals surface area contributed by atoms with Gasteiger partial charge < -0.3 is 15.5 Å². The number of fused-ring (bicyclic) bond motifs is 1. The first-order valence-electron chi connectivity index (χ1n) is 8.23. The molecule has 2 aromatic rings. The molecule has 2 N–H and O–H groups in total. The molecule has 0 saturated heterocycles. The van der Waals surface area contributed by atoms with E-state index in [4.69, 9.17) is 16.6 Å². The van der Waals surface area contributed by atoms with Crippen molar-refractivity contribution in [1.82, 2.24) is 9.97 Å². The van der Waals surface area contributed by atoms with E-state index in [1.807, 2.05) is 12.1 Å². The Hall–Kier alpha value is -1.66. The molecular formula is C17H22ClN5S. The third-order valence-electron chi connectivity index (χ3n) is 3.68. The van der Waals surface area contributed by atoms with Gasteiger partial charge in [-0.15, -0.1) is 0 Å². The van der Waals surface area contributed by atoms with Crippen LogP contribution in [0.15, 0.2) is 29.4 Å². The minimum atomic E-state index is 0.729. The quantitative estimate of drug-likeness (QED) is 0.559. The fourth-order valence-corrected chi connectivity index (χ4v) is 3.38. The fourth-order valence-electron chi connectivity index (χ4n) is 2.56. The molecular weight excluding hydrogens is 342 g/mol. The van der Waals surface area contributed by atoms with Gasteiger partial charge in [-0.3, -0.25) is 0 Å². The van der Waals surface area contributed by atoms with E-state index in [0.29, 0.717) is 0 Å². The van der Waals surface area contributed by atoms with E-state index >= 15 is 0 Å². The van der Waals surface area contributed by atoms with Crippen molar-refractivity contribution in [2.75, 3.05) is 34.5 Å². The van der Waals surface area contributed by atoms with Gasteiger partial charge in [0.05, 0.1) is 6.67 Å². The molecule has 1 aromatic carbocycles. The van der Waals surface area contributed by atoms with E-state index in [-0.39, 0.29) is 0 Å². The number of thioether (sulfide) groups is 1. The number of anilines is 3. The highest BCUT2D eigenvalue weighted by atomic mass is 35.5. The van der Waals surface area contributed by atoms with E-state index in [9.17, 15) is 0 Å². The normalized spacial score (nSPS) is 12.9. The number of aromatic nitrogens is 2. The van der Waals surface area contributed by atoms with Crippen molar-refractivity contribution >= 4 is 40.7 Å². The zero-order valence-electron chi connectivity index (χ0n) is 14.0. The molecule has 0 spiro atoms. The first-order valence-corrected chi connectivity index (χ1v) is 9.59. The first kappa shape index (κ1) is 17.2. The van der Waals surface area contributed by atoms with Crippen LogP contribution in [0.1, 0.15) is 25.8 Å². The van der Waals surface area contributed by atoms with Crippen LogP contribution >= 0.6 is 23.4 Å². The zero-order chi connectivity index (χ0) is 16.9. The summed E-state index contributed by atoms with van der Waals surface area (Å²) in [5.74, 6) is 2.88. The monoisotopic (exact) mass is 363 g/mol. The van der Waals surface area contributed by atoms with Crippen LogP contribution in [0.5, 0.6) is 0 Å². The number of nitrogens with zero attached hydrogens (tertiary/aromatic N) is 3. The Morgan fingerprint density at radius 3 is 2.75 bits per heavy atom. The summed E-state index contributed by atoms with van der Waals surface area (Å²) in [4.78, 5) is 11.7. The standard InChI is InChI=1S/C17H22ClN5S/c1-3-9-24-17-21-15(19-4-2)14-16(22-17)23(11-20-14)10-12-5-7-13(18)8-6-12/h5-8,20H,3-4,9-11H2,1-2H3,(H,19,21,22). The summed E-state index contributed by atoms with van der Waals surface area (Å²) in [7, 11) is 0. The highest BCUT2D eigenvalue weighted by Crippen LogP contribution is 2.37.